The van der Waals surface area contributed by atoms with Crippen LogP contribution in [0.5, 0.6) is 0 Å². The zero-order chi connectivity index (χ0) is 29.0. The molecule has 2 unspecified atom stereocenters. The number of nitrogens with one attached hydrogen (secondary N) is 1. The van der Waals surface area contributed by atoms with Crippen molar-refractivity contribution in [3.63, 3.8) is 0 Å². The molecule has 0 aromatic heterocycles. The Hall–Kier alpha value is -2.84. The first-order chi connectivity index (χ1) is 18.4. The van der Waals surface area contributed by atoms with Crippen molar-refractivity contribution in [1.29, 1.82) is 0 Å². The van der Waals surface area contributed by atoms with Gasteiger partial charge in [0.1, 0.15) is 11.6 Å². The molecule has 1 aliphatic carbocycles. The number of carboxylic acids is 1. The molecule has 0 heterocycles. The van der Waals surface area contributed by atoms with Crippen LogP contribution in [0.1, 0.15) is 94.7 Å². The van der Waals surface area contributed by atoms with Gasteiger partial charge in [0.15, 0.2) is 0 Å². The fraction of sp³-hybridized carbons (Fsp3) is 0.548. The Kier molecular flexibility index (Phi) is 13.0. The van der Waals surface area contributed by atoms with Gasteiger partial charge in [-0.05, 0) is 65.8 Å². The number of carboxylic acid groups (broad SMARTS) is 1. The molecule has 6 nitrogen and oxygen atoms in total. The molecule has 216 valence electrons. The lowest BCUT2D eigenvalue weighted by Crippen LogP contribution is -2.47. The van der Waals surface area contributed by atoms with Gasteiger partial charge in [-0.3, -0.25) is 9.59 Å². The van der Waals surface area contributed by atoms with E-state index in [1.54, 1.807) is 5.56 Å². The summed E-state index contributed by atoms with van der Waals surface area (Å²) in [6.07, 6.45) is 5.96. The molecule has 2 aromatic carbocycles. The van der Waals surface area contributed by atoms with E-state index in [0.717, 1.165) is 24.1 Å². The number of hydrogen-bond donors (Lipinski definition) is 4. The average molecular weight is 547 g/mol. The lowest BCUT2D eigenvalue weighted by molar-refractivity contribution is -0.137. The predicted molar refractivity (Wildman–Crippen MR) is 150 cm³/mol. The van der Waals surface area contributed by atoms with E-state index >= 15 is 0 Å². The fourth-order valence-electron chi connectivity index (χ4n) is 4.80. The van der Waals surface area contributed by atoms with E-state index in [9.17, 15) is 23.5 Å². The first kappa shape index (κ1) is 32.4. The van der Waals surface area contributed by atoms with E-state index in [2.05, 4.69) is 50.4 Å². The number of carbonyl (C=O) groups is 2. The Morgan fingerprint density at radius 2 is 1.67 bits per heavy atom. The van der Waals surface area contributed by atoms with Crippen LogP contribution in [0.25, 0.3) is 0 Å². The van der Waals surface area contributed by atoms with E-state index in [1.807, 2.05) is 0 Å². The second kappa shape index (κ2) is 15.7. The molecule has 0 aliphatic heterocycles. The third-order valence-corrected chi connectivity index (χ3v) is 7.05. The van der Waals surface area contributed by atoms with Crippen LogP contribution in [0.15, 0.2) is 42.5 Å². The average Bonchev–Trinajstić information content (AvgIpc) is 2.87. The summed E-state index contributed by atoms with van der Waals surface area (Å²) in [7, 11) is 0. The minimum absolute atomic E-state index is 0.00226. The molecule has 2 atom stereocenters. The van der Waals surface area contributed by atoms with Crippen LogP contribution in [0.4, 0.5) is 8.78 Å². The highest BCUT2D eigenvalue weighted by Crippen LogP contribution is 2.34. The van der Waals surface area contributed by atoms with Crippen molar-refractivity contribution in [1.82, 2.24) is 5.32 Å². The standard InChI is InChI=1S/C16H24.C15H20F2N2O4/c1-16(2,3)15-11-7-10-14(12-15)13-8-5-4-6-9-13;16-10-4-9(5-11(17)7-10)6-12(13(20)8-18)19-14(21)2-1-3-15(22)23/h7,10-13H,4-6,8-9H2,1-3H3;4-5,7,12-13,20H,1-3,6,8,18H2,(H,19,21)(H,22,23). The second-order valence-electron chi connectivity index (χ2n) is 11.4. The van der Waals surface area contributed by atoms with Gasteiger partial charge in [0.05, 0.1) is 12.1 Å². The monoisotopic (exact) mass is 546 g/mol. The Morgan fingerprint density at radius 3 is 2.23 bits per heavy atom. The Bertz CT molecular complexity index is 1040. The number of amides is 1. The number of rotatable bonds is 10. The molecule has 1 aliphatic rings. The number of aliphatic carboxylic acids is 1. The van der Waals surface area contributed by atoms with Gasteiger partial charge in [-0.25, -0.2) is 8.78 Å². The molecule has 0 saturated heterocycles. The summed E-state index contributed by atoms with van der Waals surface area (Å²) in [5.41, 5.74) is 8.98. The third-order valence-electron chi connectivity index (χ3n) is 7.05. The summed E-state index contributed by atoms with van der Waals surface area (Å²) in [5, 5.41) is 20.9. The number of aliphatic hydroxyl groups is 1. The highest BCUT2D eigenvalue weighted by atomic mass is 19.1. The van der Waals surface area contributed by atoms with Crippen molar-refractivity contribution < 1.29 is 28.6 Å². The minimum Gasteiger partial charge on any atom is -0.481 e. The van der Waals surface area contributed by atoms with E-state index in [4.69, 9.17) is 10.8 Å². The zero-order valence-corrected chi connectivity index (χ0v) is 23.4. The van der Waals surface area contributed by atoms with Gasteiger partial charge in [0.25, 0.3) is 0 Å². The zero-order valence-electron chi connectivity index (χ0n) is 23.4. The van der Waals surface area contributed by atoms with Crippen molar-refractivity contribution >= 4 is 11.9 Å². The molecule has 1 saturated carbocycles. The van der Waals surface area contributed by atoms with Gasteiger partial charge in [0, 0.05) is 25.5 Å². The van der Waals surface area contributed by atoms with E-state index < -0.39 is 35.7 Å². The van der Waals surface area contributed by atoms with E-state index in [-0.39, 0.29) is 43.2 Å². The molecule has 1 amide bonds. The van der Waals surface area contributed by atoms with Crippen LogP contribution < -0.4 is 11.1 Å². The molecular weight excluding hydrogens is 502 g/mol. The third kappa shape index (κ3) is 11.8. The van der Waals surface area contributed by atoms with Gasteiger partial charge in [-0.1, -0.05) is 64.3 Å². The quantitative estimate of drug-likeness (QED) is 0.310. The number of aliphatic hydroxyl groups excluding tert-OH is 1. The number of nitrogens with two attached hydrogens (primary N) is 1. The summed E-state index contributed by atoms with van der Waals surface area (Å²) in [6.45, 7) is 6.75. The SMILES string of the molecule is CC(C)(C)c1cccc(C2CCCCC2)c1.NCC(O)C(Cc1cc(F)cc(F)c1)NC(=O)CCCC(=O)O. The maximum absolute atomic E-state index is 13.2. The highest BCUT2D eigenvalue weighted by molar-refractivity contribution is 5.77. The van der Waals surface area contributed by atoms with E-state index in [1.165, 1.54) is 37.7 Å². The first-order valence-corrected chi connectivity index (χ1v) is 13.8. The van der Waals surface area contributed by atoms with Gasteiger partial charge in [0.2, 0.25) is 5.91 Å². The van der Waals surface area contributed by atoms with Crippen LogP contribution in [-0.2, 0) is 21.4 Å². The number of benzene rings is 2. The maximum atomic E-state index is 13.2. The van der Waals surface area contributed by atoms with Gasteiger partial charge < -0.3 is 21.3 Å². The maximum Gasteiger partial charge on any atom is 0.303 e. The molecule has 0 bridgehead atoms. The summed E-state index contributed by atoms with van der Waals surface area (Å²) in [6, 6.07) is 11.4. The van der Waals surface area contributed by atoms with Gasteiger partial charge in [-0.15, -0.1) is 0 Å². The van der Waals surface area contributed by atoms with Crippen molar-refractivity contribution in [2.45, 2.75) is 102 Å². The predicted octanol–water partition coefficient (Wildman–Crippen LogP) is 5.60. The lowest BCUT2D eigenvalue weighted by atomic mass is 9.80. The van der Waals surface area contributed by atoms with Crippen molar-refractivity contribution in [3.05, 3.63) is 70.8 Å². The van der Waals surface area contributed by atoms with Crippen molar-refractivity contribution in [2.24, 2.45) is 5.73 Å². The minimum atomic E-state index is -1.09. The summed E-state index contributed by atoms with van der Waals surface area (Å²) in [5.74, 6) is -2.15. The normalized spacial score (nSPS) is 15.6. The summed E-state index contributed by atoms with van der Waals surface area (Å²) >= 11 is 0. The summed E-state index contributed by atoms with van der Waals surface area (Å²) < 4.78 is 26.4. The van der Waals surface area contributed by atoms with E-state index in [0.29, 0.717) is 0 Å². The van der Waals surface area contributed by atoms with Crippen molar-refractivity contribution in [2.75, 3.05) is 6.54 Å². The molecule has 3 rings (SSSR count). The summed E-state index contributed by atoms with van der Waals surface area (Å²) in [4.78, 5) is 22.2. The van der Waals surface area contributed by atoms with Crippen molar-refractivity contribution in [3.8, 4) is 0 Å². The largest absolute Gasteiger partial charge is 0.481 e. The Balaban J connectivity index is 0.000000290. The van der Waals surface area contributed by atoms with Crippen LogP contribution >= 0.6 is 0 Å². The Morgan fingerprint density at radius 1 is 1.03 bits per heavy atom. The highest BCUT2D eigenvalue weighted by Gasteiger charge is 2.22. The molecule has 5 N–H and O–H groups in total. The van der Waals surface area contributed by atoms with Gasteiger partial charge in [-0.2, -0.15) is 0 Å². The molecular formula is C31H44F2N2O4. The molecule has 0 spiro atoms. The number of carbonyl (C=O) groups excluding carboxylic acids is 1. The topological polar surface area (TPSA) is 113 Å². The van der Waals surface area contributed by atoms with Crippen LogP contribution in [0.3, 0.4) is 0 Å². The van der Waals surface area contributed by atoms with Crippen LogP contribution in [0.2, 0.25) is 0 Å². The molecule has 0 radical (unpaired) electrons. The number of hydrogen-bond acceptors (Lipinski definition) is 4. The molecule has 8 heteroatoms. The fourth-order valence-corrected chi connectivity index (χ4v) is 4.80. The lowest BCUT2D eigenvalue weighted by Gasteiger charge is -2.25. The second-order valence-corrected chi connectivity index (χ2v) is 11.4. The van der Waals surface area contributed by atoms with Crippen LogP contribution in [0, 0.1) is 11.6 Å². The molecule has 2 aromatic rings. The molecule has 1 fully saturated rings. The number of halogens is 2. The van der Waals surface area contributed by atoms with Gasteiger partial charge >= 0.3 is 5.97 Å². The first-order valence-electron chi connectivity index (χ1n) is 13.8. The molecule has 39 heavy (non-hydrogen) atoms. The Labute approximate surface area is 231 Å². The smallest absolute Gasteiger partial charge is 0.303 e. The van der Waals surface area contributed by atoms with Crippen LogP contribution in [-0.4, -0.2) is 40.8 Å².